The van der Waals surface area contributed by atoms with Gasteiger partial charge < -0.3 is 15.4 Å². The molecule has 0 spiro atoms. The lowest BCUT2D eigenvalue weighted by Crippen LogP contribution is -2.32. The minimum atomic E-state index is -0.752. The van der Waals surface area contributed by atoms with Crippen LogP contribution in [-0.4, -0.2) is 56.6 Å². The minimum Gasteiger partial charge on any atom is -0.481 e. The van der Waals surface area contributed by atoms with Gasteiger partial charge >= 0.3 is 5.97 Å². The van der Waals surface area contributed by atoms with Gasteiger partial charge in [0.15, 0.2) is 0 Å². The van der Waals surface area contributed by atoms with E-state index in [9.17, 15) is 9.90 Å². The molecule has 7 nitrogen and oxygen atoms in total. The molecule has 3 atom stereocenters. The summed E-state index contributed by atoms with van der Waals surface area (Å²) >= 11 is 0. The predicted molar refractivity (Wildman–Crippen MR) is 147 cm³/mol. The molecule has 0 saturated carbocycles. The highest BCUT2D eigenvalue weighted by molar-refractivity contribution is 5.69. The fourth-order valence-corrected chi connectivity index (χ4v) is 6.15. The smallest absolute Gasteiger partial charge is 0.304 e. The Morgan fingerprint density at radius 2 is 2.08 bits per heavy atom. The maximum atomic E-state index is 11.8. The molecule has 0 amide bonds. The van der Waals surface area contributed by atoms with Gasteiger partial charge in [0.1, 0.15) is 11.6 Å². The number of imidazole rings is 1. The lowest BCUT2D eigenvalue weighted by Gasteiger charge is -2.27. The van der Waals surface area contributed by atoms with Crippen LogP contribution in [0.3, 0.4) is 0 Å². The van der Waals surface area contributed by atoms with Crippen molar-refractivity contribution in [2.45, 2.75) is 71.3 Å². The van der Waals surface area contributed by atoms with Crippen molar-refractivity contribution in [3.8, 4) is 11.3 Å². The first-order chi connectivity index (χ1) is 17.9. The number of nitrogens with zero attached hydrogens (tertiary/aromatic N) is 3. The number of aromatic amines is 1. The van der Waals surface area contributed by atoms with Crippen LogP contribution in [0.15, 0.2) is 36.4 Å². The zero-order valence-electron chi connectivity index (χ0n) is 22.3. The van der Waals surface area contributed by atoms with Crippen LogP contribution in [0.4, 0.5) is 5.82 Å². The van der Waals surface area contributed by atoms with E-state index in [1.165, 1.54) is 17.7 Å². The van der Waals surface area contributed by atoms with E-state index < -0.39 is 5.97 Å². The van der Waals surface area contributed by atoms with Crippen molar-refractivity contribution in [2.24, 2.45) is 5.92 Å². The standard InChI is InChI=1S/C30H39N5O2/c1-19-14-22(9-11-27-12-10-23-8-5-13-31-30(23)34-27)17-35(19)18-26(16-28(36)37)24-6-4-7-25(15-24)29-20(2)32-21(3)33-29/h4,6-7,10,12,15,19,22,26H,5,8-9,11,13-14,16-18H2,1-3H3,(H,31,34)(H,32,33)(H,36,37)/t19?,22-,26?/m1/s1. The molecule has 196 valence electrons. The Balaban J connectivity index is 1.25. The second kappa shape index (κ2) is 11.1. The van der Waals surface area contributed by atoms with Gasteiger partial charge in [0.05, 0.1) is 12.1 Å². The van der Waals surface area contributed by atoms with Crippen molar-refractivity contribution in [1.29, 1.82) is 0 Å². The highest BCUT2D eigenvalue weighted by Crippen LogP contribution is 2.32. The van der Waals surface area contributed by atoms with Gasteiger partial charge in [-0.2, -0.15) is 0 Å². The molecule has 4 heterocycles. The van der Waals surface area contributed by atoms with Crippen molar-refractivity contribution < 1.29 is 9.90 Å². The number of carboxylic acids is 1. The van der Waals surface area contributed by atoms with Crippen molar-refractivity contribution in [1.82, 2.24) is 19.9 Å². The molecule has 1 fully saturated rings. The average Bonchev–Trinajstić information content (AvgIpc) is 3.41. The second-order valence-electron chi connectivity index (χ2n) is 11.0. The molecule has 0 radical (unpaired) electrons. The van der Waals surface area contributed by atoms with E-state index in [-0.39, 0.29) is 12.3 Å². The molecule has 3 aromatic rings. The zero-order valence-corrected chi connectivity index (χ0v) is 22.3. The maximum absolute atomic E-state index is 11.8. The third-order valence-corrected chi connectivity index (χ3v) is 8.06. The second-order valence-corrected chi connectivity index (χ2v) is 11.0. The molecule has 3 N–H and O–H groups in total. The summed E-state index contributed by atoms with van der Waals surface area (Å²) in [5.41, 5.74) is 6.58. The number of pyridine rings is 1. The predicted octanol–water partition coefficient (Wildman–Crippen LogP) is 5.35. The van der Waals surface area contributed by atoms with Gasteiger partial charge in [-0.15, -0.1) is 0 Å². The zero-order chi connectivity index (χ0) is 25.9. The maximum Gasteiger partial charge on any atom is 0.304 e. The molecule has 1 saturated heterocycles. The summed E-state index contributed by atoms with van der Waals surface area (Å²) in [5.74, 6) is 1.75. The monoisotopic (exact) mass is 501 g/mol. The van der Waals surface area contributed by atoms with Crippen molar-refractivity contribution >= 4 is 11.8 Å². The van der Waals surface area contributed by atoms with Crippen LogP contribution in [-0.2, 0) is 17.6 Å². The van der Waals surface area contributed by atoms with Crippen molar-refractivity contribution in [2.75, 3.05) is 25.0 Å². The molecule has 2 aliphatic rings. The van der Waals surface area contributed by atoms with Crippen LogP contribution >= 0.6 is 0 Å². The number of benzene rings is 1. The van der Waals surface area contributed by atoms with Crippen molar-refractivity contribution in [3.63, 3.8) is 0 Å². The SMILES string of the molecule is Cc1nc(-c2cccc(C(CC(=O)O)CN3C[C@H](CCc4ccc5c(n4)NCCC5)CC3C)c2)c(C)[nH]1. The minimum absolute atomic E-state index is 0.0626. The van der Waals surface area contributed by atoms with Gasteiger partial charge in [0.2, 0.25) is 0 Å². The molecule has 7 heteroatoms. The molecule has 2 aliphatic heterocycles. The van der Waals surface area contributed by atoms with Crippen LogP contribution in [0.5, 0.6) is 0 Å². The Morgan fingerprint density at radius 1 is 1.22 bits per heavy atom. The molecule has 5 rings (SSSR count). The summed E-state index contributed by atoms with van der Waals surface area (Å²) in [4.78, 5) is 27.1. The molecular formula is C30H39N5O2. The number of hydrogen-bond donors (Lipinski definition) is 3. The molecule has 1 aromatic carbocycles. The molecule has 2 unspecified atom stereocenters. The molecule has 2 aromatic heterocycles. The van der Waals surface area contributed by atoms with Crippen LogP contribution in [0.25, 0.3) is 11.3 Å². The molecular weight excluding hydrogens is 462 g/mol. The van der Waals surface area contributed by atoms with E-state index in [1.54, 1.807) is 0 Å². The normalized spacial score (nSPS) is 20.4. The number of aryl methyl sites for hydroxylation is 4. The van der Waals surface area contributed by atoms with Crippen LogP contribution in [0.2, 0.25) is 0 Å². The van der Waals surface area contributed by atoms with E-state index >= 15 is 0 Å². The third-order valence-electron chi connectivity index (χ3n) is 8.06. The summed E-state index contributed by atoms with van der Waals surface area (Å²) in [6.07, 6.45) is 5.68. The number of carboxylic acid groups (broad SMARTS) is 1. The van der Waals surface area contributed by atoms with Crippen LogP contribution in [0.1, 0.15) is 66.9 Å². The highest BCUT2D eigenvalue weighted by atomic mass is 16.4. The van der Waals surface area contributed by atoms with E-state index in [0.29, 0.717) is 12.0 Å². The first-order valence-corrected chi connectivity index (χ1v) is 13.7. The Hall–Kier alpha value is -3.19. The quantitative estimate of drug-likeness (QED) is 0.366. The van der Waals surface area contributed by atoms with Gasteiger partial charge in [-0.05, 0) is 82.1 Å². The lowest BCUT2D eigenvalue weighted by atomic mass is 9.92. The molecule has 37 heavy (non-hydrogen) atoms. The number of carbonyl (C=O) groups is 1. The fraction of sp³-hybridized carbons (Fsp3) is 0.500. The number of rotatable bonds is 9. The number of likely N-dealkylation sites (tertiary alicyclic amines) is 1. The Morgan fingerprint density at radius 3 is 2.86 bits per heavy atom. The number of aliphatic carboxylic acids is 1. The summed E-state index contributed by atoms with van der Waals surface area (Å²) in [5, 5.41) is 13.2. The largest absolute Gasteiger partial charge is 0.481 e. The lowest BCUT2D eigenvalue weighted by molar-refractivity contribution is -0.137. The van der Waals surface area contributed by atoms with Gasteiger partial charge in [-0.25, -0.2) is 9.97 Å². The van der Waals surface area contributed by atoms with Gasteiger partial charge in [-0.1, -0.05) is 24.3 Å². The van der Waals surface area contributed by atoms with Gasteiger partial charge in [0, 0.05) is 48.5 Å². The van der Waals surface area contributed by atoms with Gasteiger partial charge in [-0.3, -0.25) is 9.69 Å². The first-order valence-electron chi connectivity index (χ1n) is 13.7. The van der Waals surface area contributed by atoms with Gasteiger partial charge in [0.25, 0.3) is 0 Å². The fourth-order valence-electron chi connectivity index (χ4n) is 6.15. The van der Waals surface area contributed by atoms with E-state index in [4.69, 9.17) is 4.98 Å². The van der Waals surface area contributed by atoms with E-state index in [1.807, 2.05) is 19.9 Å². The van der Waals surface area contributed by atoms with Crippen LogP contribution in [0, 0.1) is 19.8 Å². The summed E-state index contributed by atoms with van der Waals surface area (Å²) < 4.78 is 0. The number of H-pyrrole nitrogens is 1. The molecule has 0 aliphatic carbocycles. The number of fused-ring (bicyclic) bond motifs is 1. The number of aromatic nitrogens is 3. The van der Waals surface area contributed by atoms with E-state index in [2.05, 4.69) is 57.4 Å². The molecule has 0 bridgehead atoms. The summed E-state index contributed by atoms with van der Waals surface area (Å²) in [6, 6.07) is 13.2. The Labute approximate surface area is 219 Å². The van der Waals surface area contributed by atoms with E-state index in [0.717, 1.165) is 79.5 Å². The average molecular weight is 502 g/mol. The number of nitrogens with one attached hydrogen (secondary N) is 2. The Bertz CT molecular complexity index is 1250. The summed E-state index contributed by atoms with van der Waals surface area (Å²) in [7, 11) is 0. The number of hydrogen-bond acceptors (Lipinski definition) is 5. The van der Waals surface area contributed by atoms with Crippen LogP contribution < -0.4 is 5.32 Å². The number of anilines is 1. The third kappa shape index (κ3) is 6.04. The first kappa shape index (κ1) is 25.5. The topological polar surface area (TPSA) is 94.1 Å². The summed E-state index contributed by atoms with van der Waals surface area (Å²) in [6.45, 7) is 9.05. The highest BCUT2D eigenvalue weighted by Gasteiger charge is 2.31. The van der Waals surface area contributed by atoms with Crippen molar-refractivity contribution in [3.05, 3.63) is 64.7 Å². The Kier molecular flexibility index (Phi) is 7.60.